The lowest BCUT2D eigenvalue weighted by atomic mass is 10.0. The molecule has 0 radical (unpaired) electrons. The fourth-order valence-corrected chi connectivity index (χ4v) is 1.36. The predicted octanol–water partition coefficient (Wildman–Crippen LogP) is 1.78. The van der Waals surface area contributed by atoms with Gasteiger partial charge in [0.1, 0.15) is 5.75 Å². The summed E-state index contributed by atoms with van der Waals surface area (Å²) in [5.41, 5.74) is 2.06. The Morgan fingerprint density at radius 3 is 2.53 bits per heavy atom. The Kier molecular flexibility index (Phi) is 3.09. The highest BCUT2D eigenvalue weighted by Crippen LogP contribution is 2.31. The number of anilines is 1. The summed E-state index contributed by atoms with van der Waals surface area (Å²) in [5.74, 6) is -0.464. The zero-order valence-electron chi connectivity index (χ0n) is 8.92. The quantitative estimate of drug-likeness (QED) is 0.573. The molecule has 0 saturated heterocycles. The number of aldehydes is 1. The van der Waals surface area contributed by atoms with Crippen molar-refractivity contribution in [3.63, 3.8) is 0 Å². The minimum Gasteiger partial charge on any atom is -0.505 e. The molecule has 0 aromatic heterocycles. The number of carbonyl (C=O) groups is 2. The molecule has 1 rings (SSSR count). The van der Waals surface area contributed by atoms with E-state index in [9.17, 15) is 14.7 Å². The monoisotopic (exact) mass is 207 g/mol. The van der Waals surface area contributed by atoms with Gasteiger partial charge in [-0.15, -0.1) is 0 Å². The van der Waals surface area contributed by atoms with Crippen molar-refractivity contribution >= 4 is 17.9 Å². The van der Waals surface area contributed by atoms with Crippen LogP contribution in [-0.4, -0.2) is 17.3 Å². The predicted molar refractivity (Wildman–Crippen MR) is 57.3 cm³/mol. The van der Waals surface area contributed by atoms with Gasteiger partial charge in [-0.1, -0.05) is 0 Å². The maximum atomic E-state index is 10.9. The summed E-state index contributed by atoms with van der Waals surface area (Å²) in [4.78, 5) is 21.6. The molecule has 4 heteroatoms. The van der Waals surface area contributed by atoms with Crippen LogP contribution in [0.5, 0.6) is 5.75 Å². The fraction of sp³-hybridized carbons (Fsp3) is 0.273. The molecule has 0 bridgehead atoms. The highest BCUT2D eigenvalue weighted by molar-refractivity contribution is 5.94. The van der Waals surface area contributed by atoms with E-state index in [1.807, 2.05) is 6.92 Å². The number of aryl methyl sites for hydroxylation is 1. The first-order valence-corrected chi connectivity index (χ1v) is 4.53. The van der Waals surface area contributed by atoms with Crippen molar-refractivity contribution in [2.75, 3.05) is 5.32 Å². The zero-order valence-corrected chi connectivity index (χ0v) is 8.92. The van der Waals surface area contributed by atoms with E-state index in [0.29, 0.717) is 6.29 Å². The molecule has 0 aliphatic carbocycles. The number of phenolic OH excluding ortho intramolecular Hbond substituents is 1. The van der Waals surface area contributed by atoms with E-state index in [2.05, 4.69) is 5.32 Å². The van der Waals surface area contributed by atoms with E-state index in [-0.39, 0.29) is 22.9 Å². The summed E-state index contributed by atoms with van der Waals surface area (Å²) in [6, 6.07) is 1.64. The molecular formula is C11H13NO3. The van der Waals surface area contributed by atoms with Crippen LogP contribution in [-0.2, 0) is 4.79 Å². The van der Waals surface area contributed by atoms with E-state index < -0.39 is 0 Å². The average Bonchev–Trinajstić information content (AvgIpc) is 2.14. The highest BCUT2D eigenvalue weighted by Gasteiger charge is 2.12. The van der Waals surface area contributed by atoms with Crippen molar-refractivity contribution < 1.29 is 14.7 Å². The van der Waals surface area contributed by atoms with Crippen molar-refractivity contribution in [3.05, 3.63) is 22.8 Å². The van der Waals surface area contributed by atoms with Crippen molar-refractivity contribution in [2.45, 2.75) is 20.8 Å². The zero-order chi connectivity index (χ0) is 11.6. The number of nitrogens with one attached hydrogen (secondary N) is 1. The molecule has 2 N–H and O–H groups in total. The van der Waals surface area contributed by atoms with Crippen LogP contribution in [0.4, 0.5) is 5.69 Å². The second kappa shape index (κ2) is 4.13. The number of amides is 1. The van der Waals surface area contributed by atoms with Crippen molar-refractivity contribution in [3.8, 4) is 5.75 Å². The van der Waals surface area contributed by atoms with Gasteiger partial charge in [0.15, 0.2) is 6.29 Å². The molecule has 1 aromatic carbocycles. The van der Waals surface area contributed by atoms with Gasteiger partial charge >= 0.3 is 0 Å². The number of benzene rings is 1. The number of aromatic hydroxyl groups is 1. The minimum atomic E-state index is -0.287. The molecule has 4 nitrogen and oxygen atoms in total. The van der Waals surface area contributed by atoms with Gasteiger partial charge in [-0.05, 0) is 31.0 Å². The van der Waals surface area contributed by atoms with E-state index in [1.165, 1.54) is 6.92 Å². The maximum absolute atomic E-state index is 10.9. The largest absolute Gasteiger partial charge is 0.505 e. The van der Waals surface area contributed by atoms with Crippen LogP contribution in [0.1, 0.15) is 28.4 Å². The lowest BCUT2D eigenvalue weighted by Crippen LogP contribution is -2.07. The van der Waals surface area contributed by atoms with Gasteiger partial charge in [-0.2, -0.15) is 0 Å². The fourth-order valence-electron chi connectivity index (χ4n) is 1.36. The number of rotatable bonds is 2. The Hall–Kier alpha value is -1.84. The Bertz CT molecular complexity index is 424. The van der Waals surface area contributed by atoms with Crippen molar-refractivity contribution in [1.29, 1.82) is 0 Å². The minimum absolute atomic E-state index is 0.177. The van der Waals surface area contributed by atoms with Crippen molar-refractivity contribution in [1.82, 2.24) is 0 Å². The van der Waals surface area contributed by atoms with Crippen LogP contribution in [0, 0.1) is 13.8 Å². The lowest BCUT2D eigenvalue weighted by Gasteiger charge is -2.11. The first kappa shape index (κ1) is 11.2. The third-order valence-electron chi connectivity index (χ3n) is 2.30. The molecule has 0 saturated carbocycles. The molecule has 15 heavy (non-hydrogen) atoms. The van der Waals surface area contributed by atoms with Gasteiger partial charge in [0, 0.05) is 6.92 Å². The van der Waals surface area contributed by atoms with Crippen LogP contribution in [0.25, 0.3) is 0 Å². The molecule has 0 atom stereocenters. The van der Waals surface area contributed by atoms with Gasteiger partial charge in [-0.3, -0.25) is 9.59 Å². The summed E-state index contributed by atoms with van der Waals surface area (Å²) < 4.78 is 0. The second-order valence-corrected chi connectivity index (χ2v) is 3.43. The van der Waals surface area contributed by atoms with Crippen LogP contribution in [0.15, 0.2) is 6.07 Å². The summed E-state index contributed by atoms with van der Waals surface area (Å²) in [5, 5.41) is 12.2. The maximum Gasteiger partial charge on any atom is 0.221 e. The lowest BCUT2D eigenvalue weighted by molar-refractivity contribution is -0.114. The van der Waals surface area contributed by atoms with Crippen LogP contribution >= 0.6 is 0 Å². The summed E-state index contributed by atoms with van der Waals surface area (Å²) in [6.07, 6.45) is 0.586. The molecule has 0 spiro atoms. The molecular weight excluding hydrogens is 194 g/mol. The van der Waals surface area contributed by atoms with Gasteiger partial charge in [0.25, 0.3) is 0 Å². The number of carbonyl (C=O) groups excluding carboxylic acids is 2. The normalized spacial score (nSPS) is 9.80. The smallest absolute Gasteiger partial charge is 0.221 e. The summed E-state index contributed by atoms with van der Waals surface area (Å²) >= 11 is 0. The SMILES string of the molecule is CC(=O)Nc1cc(C)c(C)c(C=O)c1O. The molecule has 1 amide bonds. The van der Waals surface area contributed by atoms with E-state index >= 15 is 0 Å². The standard InChI is InChI=1S/C11H13NO3/c1-6-4-10(12-8(3)14)11(15)9(5-13)7(6)2/h4-5,15H,1-3H3,(H,12,14). The average molecular weight is 207 g/mol. The van der Waals surface area contributed by atoms with Crippen LogP contribution in [0.2, 0.25) is 0 Å². The first-order valence-electron chi connectivity index (χ1n) is 4.53. The number of hydrogen-bond acceptors (Lipinski definition) is 3. The Morgan fingerprint density at radius 2 is 2.07 bits per heavy atom. The van der Waals surface area contributed by atoms with Crippen LogP contribution < -0.4 is 5.32 Å². The van der Waals surface area contributed by atoms with Gasteiger partial charge in [-0.25, -0.2) is 0 Å². The third kappa shape index (κ3) is 2.15. The number of hydrogen-bond donors (Lipinski definition) is 2. The van der Waals surface area contributed by atoms with E-state index in [0.717, 1.165) is 11.1 Å². The molecule has 0 aliphatic heterocycles. The first-order chi connectivity index (χ1) is 6.97. The van der Waals surface area contributed by atoms with E-state index in [1.54, 1.807) is 13.0 Å². The molecule has 0 fully saturated rings. The second-order valence-electron chi connectivity index (χ2n) is 3.43. The molecule has 0 unspecified atom stereocenters. The Morgan fingerprint density at radius 1 is 1.47 bits per heavy atom. The number of phenols is 1. The Balaban J connectivity index is 3.36. The molecule has 1 aromatic rings. The molecule has 0 aliphatic rings. The van der Waals surface area contributed by atoms with Crippen molar-refractivity contribution in [2.24, 2.45) is 0 Å². The summed E-state index contributed by atoms with van der Waals surface area (Å²) in [6.45, 7) is 4.90. The third-order valence-corrected chi connectivity index (χ3v) is 2.30. The van der Waals surface area contributed by atoms with Gasteiger partial charge in [0.2, 0.25) is 5.91 Å². The van der Waals surface area contributed by atoms with Gasteiger partial charge < -0.3 is 10.4 Å². The molecule has 0 heterocycles. The summed E-state index contributed by atoms with van der Waals surface area (Å²) in [7, 11) is 0. The van der Waals surface area contributed by atoms with Crippen LogP contribution in [0.3, 0.4) is 0 Å². The van der Waals surface area contributed by atoms with E-state index in [4.69, 9.17) is 0 Å². The topological polar surface area (TPSA) is 66.4 Å². The van der Waals surface area contributed by atoms with Gasteiger partial charge in [0.05, 0.1) is 11.3 Å². The Labute approximate surface area is 87.9 Å². The molecule has 80 valence electrons. The highest BCUT2D eigenvalue weighted by atomic mass is 16.3.